The normalized spacial score (nSPS) is 10.2. The van der Waals surface area contributed by atoms with Gasteiger partial charge in [0.25, 0.3) is 5.91 Å². The second-order valence-electron chi connectivity index (χ2n) is 4.32. The van der Waals surface area contributed by atoms with Gasteiger partial charge in [-0.15, -0.1) is 0 Å². The molecule has 3 rings (SSSR count). The van der Waals surface area contributed by atoms with E-state index in [2.05, 4.69) is 15.0 Å². The molecule has 0 aliphatic heterocycles. The van der Waals surface area contributed by atoms with Crippen molar-refractivity contribution in [1.29, 1.82) is 0 Å². The largest absolute Gasteiger partial charge is 0.360 e. The van der Waals surface area contributed by atoms with Crippen LogP contribution in [-0.4, -0.2) is 10.9 Å². The Balaban J connectivity index is 2.17. The van der Waals surface area contributed by atoms with Gasteiger partial charge in [0.2, 0.25) is 0 Å². The number of benzene rings is 2. The molecule has 0 fully saturated rings. The fraction of sp³-hybridized carbons (Fsp3) is 0. The zero-order valence-electron chi connectivity index (χ0n) is 10.4. The Morgan fingerprint density at radius 2 is 1.90 bits per heavy atom. The lowest BCUT2D eigenvalue weighted by molar-refractivity contribution is 0.100. The number of aromatic amines is 1. The number of hydrogen-bond acceptors (Lipinski definition) is 1. The lowest BCUT2D eigenvalue weighted by atomic mass is 10.0. The number of azide groups is 1. The molecule has 0 saturated heterocycles. The van der Waals surface area contributed by atoms with Crippen LogP contribution in [0, 0.1) is 0 Å². The van der Waals surface area contributed by atoms with Crippen LogP contribution in [0.4, 0.5) is 0 Å². The molecule has 3 aromatic rings. The van der Waals surface area contributed by atoms with Crippen molar-refractivity contribution in [2.24, 2.45) is 5.11 Å². The Morgan fingerprint density at radius 1 is 1.10 bits per heavy atom. The molecule has 0 bridgehead atoms. The molecule has 0 aliphatic carbocycles. The van der Waals surface area contributed by atoms with E-state index in [-0.39, 0.29) is 0 Å². The number of rotatable bonds is 2. The second kappa shape index (κ2) is 4.91. The zero-order chi connectivity index (χ0) is 13.9. The van der Waals surface area contributed by atoms with Crippen LogP contribution in [0.3, 0.4) is 0 Å². The maximum atomic E-state index is 11.7. The van der Waals surface area contributed by atoms with E-state index < -0.39 is 5.91 Å². The zero-order valence-corrected chi connectivity index (χ0v) is 10.4. The summed E-state index contributed by atoms with van der Waals surface area (Å²) in [7, 11) is 0. The first kappa shape index (κ1) is 12.0. The number of nitrogens with one attached hydrogen (secondary N) is 1. The molecule has 0 aliphatic rings. The van der Waals surface area contributed by atoms with Gasteiger partial charge < -0.3 is 4.98 Å². The highest BCUT2D eigenvalue weighted by Crippen LogP contribution is 2.26. The quantitative estimate of drug-likeness (QED) is 0.417. The Kier molecular flexibility index (Phi) is 2.95. The number of carbonyl (C=O) groups is 1. The average Bonchev–Trinajstić information content (AvgIpc) is 2.91. The summed E-state index contributed by atoms with van der Waals surface area (Å²) >= 11 is 0. The van der Waals surface area contributed by atoms with E-state index in [9.17, 15) is 4.79 Å². The van der Waals surface area contributed by atoms with Gasteiger partial charge in [-0.1, -0.05) is 36.4 Å². The van der Waals surface area contributed by atoms with Crippen LogP contribution >= 0.6 is 0 Å². The van der Waals surface area contributed by atoms with Crippen LogP contribution in [0.5, 0.6) is 0 Å². The van der Waals surface area contributed by atoms with Gasteiger partial charge in [-0.25, -0.2) is 0 Å². The van der Waals surface area contributed by atoms with Crippen LogP contribution in [-0.2, 0) is 0 Å². The van der Waals surface area contributed by atoms with Crippen LogP contribution in [0.25, 0.3) is 32.5 Å². The number of carbonyl (C=O) groups excluding carboxylic acids is 1. The summed E-state index contributed by atoms with van der Waals surface area (Å²) in [5, 5.41) is 3.89. The van der Waals surface area contributed by atoms with E-state index in [1.54, 1.807) is 6.20 Å². The first-order valence-electron chi connectivity index (χ1n) is 6.05. The number of aromatic nitrogens is 1. The predicted molar refractivity (Wildman–Crippen MR) is 77.2 cm³/mol. The minimum Gasteiger partial charge on any atom is -0.360 e. The van der Waals surface area contributed by atoms with E-state index in [0.29, 0.717) is 5.56 Å². The van der Waals surface area contributed by atoms with Gasteiger partial charge in [0.05, 0.1) is 0 Å². The van der Waals surface area contributed by atoms with Gasteiger partial charge in [0.15, 0.2) is 0 Å². The Hall–Kier alpha value is -3.04. The van der Waals surface area contributed by atoms with E-state index >= 15 is 0 Å². The van der Waals surface area contributed by atoms with Crippen LogP contribution < -0.4 is 0 Å². The molecule has 0 atom stereocenters. The maximum Gasteiger partial charge on any atom is 0.251 e. The molecular formula is C15H10N4O. The van der Waals surface area contributed by atoms with Gasteiger partial charge in [0, 0.05) is 27.6 Å². The highest BCUT2D eigenvalue weighted by atomic mass is 16.1. The van der Waals surface area contributed by atoms with Crippen molar-refractivity contribution in [3.63, 3.8) is 0 Å². The Labute approximate surface area is 114 Å². The number of fused-ring (bicyclic) bond motifs is 1. The van der Waals surface area contributed by atoms with Crippen LogP contribution in [0.1, 0.15) is 10.4 Å². The lowest BCUT2D eigenvalue weighted by Gasteiger charge is -2.02. The monoisotopic (exact) mass is 262 g/mol. The van der Waals surface area contributed by atoms with Crippen LogP contribution in [0.2, 0.25) is 0 Å². The molecule has 1 N–H and O–H groups in total. The highest BCUT2D eigenvalue weighted by molar-refractivity contribution is 6.08. The van der Waals surface area contributed by atoms with Gasteiger partial charge in [-0.05, 0) is 33.9 Å². The fourth-order valence-corrected chi connectivity index (χ4v) is 2.20. The lowest BCUT2D eigenvalue weighted by Crippen LogP contribution is -1.90. The minimum atomic E-state index is -0.580. The maximum absolute atomic E-state index is 11.7. The topological polar surface area (TPSA) is 81.6 Å². The molecule has 20 heavy (non-hydrogen) atoms. The van der Waals surface area contributed by atoms with Gasteiger partial charge in [-0.2, -0.15) is 0 Å². The molecule has 5 heteroatoms. The first-order valence-corrected chi connectivity index (χ1v) is 6.05. The standard InChI is InChI=1S/C15H10N4O/c16-19-18-15(20)13-9-17-14-7-6-11(8-12(13)14)10-4-2-1-3-5-10/h1-9,17H. The Bertz CT molecular complexity index is 829. The van der Waals surface area contributed by atoms with Crippen LogP contribution in [0.15, 0.2) is 59.8 Å². The van der Waals surface area contributed by atoms with Crippen molar-refractivity contribution in [3.8, 4) is 11.1 Å². The summed E-state index contributed by atoms with van der Waals surface area (Å²) in [4.78, 5) is 17.3. The number of H-pyrrole nitrogens is 1. The molecule has 0 spiro atoms. The van der Waals surface area contributed by atoms with Crippen molar-refractivity contribution in [2.45, 2.75) is 0 Å². The number of amides is 1. The summed E-state index contributed by atoms with van der Waals surface area (Å²) < 4.78 is 0. The van der Waals surface area contributed by atoms with Gasteiger partial charge in [0.1, 0.15) is 0 Å². The third-order valence-corrected chi connectivity index (χ3v) is 3.15. The van der Waals surface area contributed by atoms with Crippen molar-refractivity contribution in [3.05, 3.63) is 70.7 Å². The van der Waals surface area contributed by atoms with E-state index in [1.807, 2.05) is 48.5 Å². The van der Waals surface area contributed by atoms with Crippen molar-refractivity contribution in [2.75, 3.05) is 0 Å². The van der Waals surface area contributed by atoms with Gasteiger partial charge in [-0.3, -0.25) is 4.79 Å². The summed E-state index contributed by atoms with van der Waals surface area (Å²) in [6, 6.07) is 15.7. The third kappa shape index (κ3) is 2.02. The van der Waals surface area contributed by atoms with E-state index in [0.717, 1.165) is 22.0 Å². The summed E-state index contributed by atoms with van der Waals surface area (Å²) in [5.41, 5.74) is 11.7. The van der Waals surface area contributed by atoms with E-state index in [1.165, 1.54) is 0 Å². The molecular weight excluding hydrogens is 252 g/mol. The second-order valence-corrected chi connectivity index (χ2v) is 4.32. The number of hydrogen-bond donors (Lipinski definition) is 1. The SMILES string of the molecule is [N-]=[N+]=NC(=O)c1c[nH]c2ccc(-c3ccccc3)cc12. The molecule has 96 valence electrons. The molecule has 0 unspecified atom stereocenters. The summed E-state index contributed by atoms with van der Waals surface area (Å²) in [5.74, 6) is -0.580. The van der Waals surface area contributed by atoms with E-state index in [4.69, 9.17) is 5.53 Å². The first-order chi connectivity index (χ1) is 9.79. The fourth-order valence-electron chi connectivity index (χ4n) is 2.20. The molecule has 1 heterocycles. The van der Waals surface area contributed by atoms with Crippen molar-refractivity contribution >= 4 is 16.8 Å². The average molecular weight is 262 g/mol. The predicted octanol–water partition coefficient (Wildman–Crippen LogP) is 4.29. The summed E-state index contributed by atoms with van der Waals surface area (Å²) in [6.07, 6.45) is 1.57. The minimum absolute atomic E-state index is 0.385. The highest BCUT2D eigenvalue weighted by Gasteiger charge is 2.11. The molecule has 0 radical (unpaired) electrons. The van der Waals surface area contributed by atoms with Crippen molar-refractivity contribution < 1.29 is 4.79 Å². The smallest absolute Gasteiger partial charge is 0.251 e. The molecule has 1 aromatic heterocycles. The molecule has 5 nitrogen and oxygen atoms in total. The molecule has 1 amide bonds. The van der Waals surface area contributed by atoms with Crippen molar-refractivity contribution in [1.82, 2.24) is 4.98 Å². The number of nitrogens with zero attached hydrogens (tertiary/aromatic N) is 3. The Morgan fingerprint density at radius 3 is 2.65 bits per heavy atom. The van der Waals surface area contributed by atoms with Gasteiger partial charge >= 0.3 is 0 Å². The molecule has 2 aromatic carbocycles. The summed E-state index contributed by atoms with van der Waals surface area (Å²) in [6.45, 7) is 0. The third-order valence-electron chi connectivity index (χ3n) is 3.15. The molecule has 0 saturated carbocycles.